The van der Waals surface area contributed by atoms with Gasteiger partial charge in [0, 0.05) is 25.6 Å². The predicted octanol–water partition coefficient (Wildman–Crippen LogP) is 0.194. The molecule has 3 rings (SSSR count). The number of carbonyl (C=O) groups excluding carboxylic acids is 1. The number of aromatic nitrogens is 3. The number of rotatable bonds is 4. The number of hydrogen-bond acceptors (Lipinski definition) is 5. The number of benzene rings is 1. The Morgan fingerprint density at radius 3 is 2.74 bits per heavy atom. The lowest BCUT2D eigenvalue weighted by Crippen LogP contribution is -2.34. The van der Waals surface area contributed by atoms with Crippen molar-refractivity contribution in [3.63, 3.8) is 0 Å². The minimum absolute atomic E-state index is 0.0337. The Bertz CT molecular complexity index is 695. The van der Waals surface area contributed by atoms with Crippen molar-refractivity contribution >= 4 is 5.91 Å². The maximum atomic E-state index is 12.3. The molecule has 2 aromatic rings. The molecule has 122 valence electrons. The molecule has 2 heterocycles. The maximum Gasteiger partial charge on any atom is 0.273 e. The van der Waals surface area contributed by atoms with Gasteiger partial charge in [0.1, 0.15) is 0 Å². The molecule has 7 heteroatoms. The molecule has 0 radical (unpaired) electrons. The molecule has 1 aromatic heterocycles. The van der Waals surface area contributed by atoms with E-state index in [1.54, 1.807) is 4.68 Å². The summed E-state index contributed by atoms with van der Waals surface area (Å²) in [6.45, 7) is 5.54. The molecule has 1 aliphatic heterocycles. The lowest BCUT2D eigenvalue weighted by Gasteiger charge is -2.13. The van der Waals surface area contributed by atoms with Crippen molar-refractivity contribution in [3.8, 4) is 5.69 Å². The zero-order valence-electron chi connectivity index (χ0n) is 13.3. The summed E-state index contributed by atoms with van der Waals surface area (Å²) in [5, 5.41) is 23.8. The molecule has 0 bridgehead atoms. The average molecular weight is 315 g/mol. The Morgan fingerprint density at radius 1 is 1.35 bits per heavy atom. The second kappa shape index (κ2) is 6.47. The van der Waals surface area contributed by atoms with E-state index in [1.807, 2.05) is 38.1 Å². The van der Waals surface area contributed by atoms with Gasteiger partial charge in [0.2, 0.25) is 0 Å². The van der Waals surface area contributed by atoms with Crippen LogP contribution in [0.25, 0.3) is 5.69 Å². The highest BCUT2D eigenvalue weighted by Gasteiger charge is 2.26. The van der Waals surface area contributed by atoms with Gasteiger partial charge in [-0.05, 0) is 26.0 Å². The molecule has 1 aliphatic rings. The normalized spacial score (nSPS) is 20.7. The molecular formula is C16H21N5O2. The number of β-amino-alcohol motifs (C(OH)–C–C–N with tert-alkyl or cyclic N) is 1. The van der Waals surface area contributed by atoms with Gasteiger partial charge in [-0.3, -0.25) is 4.79 Å². The van der Waals surface area contributed by atoms with Crippen LogP contribution in [0.4, 0.5) is 0 Å². The van der Waals surface area contributed by atoms with E-state index in [4.69, 9.17) is 0 Å². The van der Waals surface area contributed by atoms with Gasteiger partial charge in [0.15, 0.2) is 5.69 Å². The van der Waals surface area contributed by atoms with Crippen LogP contribution < -0.4 is 10.6 Å². The number of aliphatic hydroxyl groups is 1. The third-order valence-corrected chi connectivity index (χ3v) is 4.22. The number of aryl methyl sites for hydroxylation is 1. The number of carbonyl (C=O) groups is 1. The highest BCUT2D eigenvalue weighted by Crippen LogP contribution is 2.13. The lowest BCUT2D eigenvalue weighted by molar-refractivity contribution is 0.0921. The van der Waals surface area contributed by atoms with Crippen molar-refractivity contribution in [2.75, 3.05) is 19.6 Å². The van der Waals surface area contributed by atoms with Gasteiger partial charge in [-0.15, -0.1) is 5.10 Å². The highest BCUT2D eigenvalue weighted by atomic mass is 16.3. The van der Waals surface area contributed by atoms with Crippen LogP contribution in [-0.2, 0) is 0 Å². The molecule has 2 atom stereocenters. The number of amides is 1. The van der Waals surface area contributed by atoms with Crippen LogP contribution in [0, 0.1) is 19.8 Å². The number of nitrogens with zero attached hydrogens (tertiary/aromatic N) is 3. The summed E-state index contributed by atoms with van der Waals surface area (Å²) in [7, 11) is 0. The van der Waals surface area contributed by atoms with E-state index in [1.165, 1.54) is 0 Å². The number of nitrogens with one attached hydrogen (secondary N) is 2. The maximum absolute atomic E-state index is 12.3. The first-order valence-corrected chi connectivity index (χ1v) is 7.72. The van der Waals surface area contributed by atoms with E-state index in [9.17, 15) is 9.90 Å². The Balaban J connectivity index is 1.71. The quantitative estimate of drug-likeness (QED) is 0.749. The first-order chi connectivity index (χ1) is 11.1. The lowest BCUT2D eigenvalue weighted by atomic mass is 10.1. The van der Waals surface area contributed by atoms with E-state index < -0.39 is 6.10 Å². The van der Waals surface area contributed by atoms with E-state index in [0.717, 1.165) is 11.3 Å². The Hall–Kier alpha value is -2.25. The molecular weight excluding hydrogens is 294 g/mol. The molecule has 1 fully saturated rings. The van der Waals surface area contributed by atoms with Gasteiger partial charge in [-0.25, -0.2) is 4.68 Å². The van der Waals surface area contributed by atoms with Gasteiger partial charge in [-0.2, -0.15) is 0 Å². The van der Waals surface area contributed by atoms with Crippen LogP contribution in [0.3, 0.4) is 0 Å². The zero-order chi connectivity index (χ0) is 16.4. The molecule has 7 nitrogen and oxygen atoms in total. The Labute approximate surface area is 134 Å². The number of hydrogen-bond donors (Lipinski definition) is 3. The van der Waals surface area contributed by atoms with Crippen LogP contribution in [0.1, 0.15) is 21.7 Å². The summed E-state index contributed by atoms with van der Waals surface area (Å²) in [5.74, 6) is -0.230. The van der Waals surface area contributed by atoms with E-state index >= 15 is 0 Å². The third kappa shape index (κ3) is 3.25. The van der Waals surface area contributed by atoms with Crippen molar-refractivity contribution in [3.05, 3.63) is 41.2 Å². The predicted molar refractivity (Wildman–Crippen MR) is 85.5 cm³/mol. The van der Waals surface area contributed by atoms with Crippen LogP contribution >= 0.6 is 0 Å². The topological polar surface area (TPSA) is 92.1 Å². The van der Waals surface area contributed by atoms with Crippen LogP contribution in [-0.4, -0.2) is 51.7 Å². The molecule has 0 saturated carbocycles. The fraction of sp³-hybridized carbons (Fsp3) is 0.438. The fourth-order valence-electron chi connectivity index (χ4n) is 2.71. The van der Waals surface area contributed by atoms with Crippen molar-refractivity contribution in [2.45, 2.75) is 20.0 Å². The van der Waals surface area contributed by atoms with Gasteiger partial charge in [-0.1, -0.05) is 22.9 Å². The minimum Gasteiger partial charge on any atom is -0.391 e. The third-order valence-electron chi connectivity index (χ3n) is 4.22. The van der Waals surface area contributed by atoms with Gasteiger partial charge in [0.05, 0.1) is 17.5 Å². The molecule has 0 spiro atoms. The van der Waals surface area contributed by atoms with Crippen LogP contribution in [0.2, 0.25) is 0 Å². The second-order valence-corrected chi connectivity index (χ2v) is 5.97. The summed E-state index contributed by atoms with van der Waals surface area (Å²) in [6, 6.07) is 7.87. The van der Waals surface area contributed by atoms with Crippen molar-refractivity contribution in [1.82, 2.24) is 25.6 Å². The molecule has 23 heavy (non-hydrogen) atoms. The monoisotopic (exact) mass is 315 g/mol. The largest absolute Gasteiger partial charge is 0.391 e. The average Bonchev–Trinajstić information content (AvgIpc) is 3.12. The first kappa shape index (κ1) is 15.6. The Morgan fingerprint density at radius 2 is 2.09 bits per heavy atom. The van der Waals surface area contributed by atoms with Gasteiger partial charge in [0.25, 0.3) is 5.91 Å². The van der Waals surface area contributed by atoms with Gasteiger partial charge >= 0.3 is 0 Å². The fourth-order valence-corrected chi connectivity index (χ4v) is 2.71. The Kier molecular flexibility index (Phi) is 4.40. The van der Waals surface area contributed by atoms with E-state index in [0.29, 0.717) is 31.0 Å². The standard InChI is InChI=1S/C16H21N5O2/c1-10-3-5-13(6-4-10)21-11(2)15(19-20-21)16(23)18-8-12-7-17-9-14(12)22/h3-6,12,14,17,22H,7-9H2,1-2H3,(H,18,23). The summed E-state index contributed by atoms with van der Waals surface area (Å²) in [5.41, 5.74) is 3.03. The second-order valence-electron chi connectivity index (χ2n) is 5.97. The van der Waals surface area contributed by atoms with Crippen LogP contribution in [0.15, 0.2) is 24.3 Å². The molecule has 3 N–H and O–H groups in total. The zero-order valence-corrected chi connectivity index (χ0v) is 13.3. The summed E-state index contributed by atoms with van der Waals surface area (Å²) in [4.78, 5) is 12.3. The molecule has 2 unspecified atom stereocenters. The molecule has 0 aliphatic carbocycles. The van der Waals surface area contributed by atoms with E-state index in [2.05, 4.69) is 20.9 Å². The molecule has 1 saturated heterocycles. The van der Waals surface area contributed by atoms with Crippen LogP contribution in [0.5, 0.6) is 0 Å². The highest BCUT2D eigenvalue weighted by molar-refractivity contribution is 5.93. The SMILES string of the molecule is Cc1ccc(-n2nnc(C(=O)NCC3CNCC3O)c2C)cc1. The smallest absolute Gasteiger partial charge is 0.273 e. The van der Waals surface area contributed by atoms with E-state index in [-0.39, 0.29) is 11.8 Å². The number of aliphatic hydroxyl groups excluding tert-OH is 1. The minimum atomic E-state index is -0.417. The van der Waals surface area contributed by atoms with Crippen molar-refractivity contribution in [2.24, 2.45) is 5.92 Å². The molecule has 1 amide bonds. The first-order valence-electron chi connectivity index (χ1n) is 7.72. The summed E-state index contributed by atoms with van der Waals surface area (Å²) < 4.78 is 1.65. The van der Waals surface area contributed by atoms with Gasteiger partial charge < -0.3 is 15.7 Å². The molecule has 1 aromatic carbocycles. The summed E-state index contributed by atoms with van der Waals surface area (Å²) >= 11 is 0. The van der Waals surface area contributed by atoms with Crippen molar-refractivity contribution in [1.29, 1.82) is 0 Å². The van der Waals surface area contributed by atoms with Crippen molar-refractivity contribution < 1.29 is 9.90 Å². The summed E-state index contributed by atoms with van der Waals surface area (Å²) in [6.07, 6.45) is -0.417.